The van der Waals surface area contributed by atoms with Gasteiger partial charge >= 0.3 is 0 Å². The van der Waals surface area contributed by atoms with Crippen LogP contribution < -0.4 is 26.2 Å². The molecule has 55 heavy (non-hydrogen) atoms. The van der Waals surface area contributed by atoms with Gasteiger partial charge in [0.1, 0.15) is 6.33 Å². The highest BCUT2D eigenvalue weighted by Gasteiger charge is 2.44. The van der Waals surface area contributed by atoms with Gasteiger partial charge in [-0.25, -0.2) is 9.97 Å². The predicted molar refractivity (Wildman–Crippen MR) is 236 cm³/mol. The molecular formula is C50H55BN4. The first kappa shape index (κ1) is 36.8. The molecule has 3 heterocycles. The van der Waals surface area contributed by atoms with Crippen molar-refractivity contribution in [3.05, 3.63) is 138 Å². The van der Waals surface area contributed by atoms with Gasteiger partial charge in [0.05, 0.1) is 5.69 Å². The molecule has 8 rings (SSSR count). The van der Waals surface area contributed by atoms with Gasteiger partial charge in [-0.3, -0.25) is 0 Å². The van der Waals surface area contributed by atoms with E-state index in [0.717, 1.165) is 22.6 Å². The van der Waals surface area contributed by atoms with Crippen molar-refractivity contribution >= 4 is 57.2 Å². The lowest BCUT2D eigenvalue weighted by atomic mass is 9.33. The molecule has 0 unspecified atom stereocenters. The lowest BCUT2D eigenvalue weighted by Gasteiger charge is -2.45. The van der Waals surface area contributed by atoms with Gasteiger partial charge in [-0.05, 0) is 115 Å². The summed E-state index contributed by atoms with van der Waals surface area (Å²) in [5.41, 5.74) is 18.4. The van der Waals surface area contributed by atoms with Gasteiger partial charge in [0.15, 0.2) is 0 Å². The van der Waals surface area contributed by atoms with Crippen LogP contribution in [-0.4, -0.2) is 16.7 Å². The van der Waals surface area contributed by atoms with E-state index in [0.29, 0.717) is 0 Å². The molecule has 1 aromatic heterocycles. The summed E-state index contributed by atoms with van der Waals surface area (Å²) in [7, 11) is 0. The molecule has 0 radical (unpaired) electrons. The normalized spacial score (nSPS) is 14.1. The maximum Gasteiger partial charge on any atom is 0.252 e. The largest absolute Gasteiger partial charge is 0.311 e. The molecule has 2 aliphatic heterocycles. The smallest absolute Gasteiger partial charge is 0.252 e. The Kier molecular flexibility index (Phi) is 8.50. The molecule has 4 nitrogen and oxygen atoms in total. The molecule has 0 bridgehead atoms. The van der Waals surface area contributed by atoms with Crippen LogP contribution in [0.1, 0.15) is 105 Å². The first-order valence-electron chi connectivity index (χ1n) is 19.9. The van der Waals surface area contributed by atoms with E-state index in [1.165, 1.54) is 61.4 Å². The van der Waals surface area contributed by atoms with E-state index in [1.54, 1.807) is 6.33 Å². The standard InChI is InChI=1S/C50H55BN4/c1-47(2,3)33-13-19-37(20-14-33)54-42-23-17-35(49(7,8)9)29-39(42)51-40-30-36(50(10,11)12)18-24-43(40)55(38-21-15-34(16-22-38)48(4,5)6)45-28-32(27-44(54)46(45)51)41-25-26-52-31-53-41/h13-31H,1-12H3. The SMILES string of the molecule is CC(C)(C)c1ccc(N2c3ccc(C(C)(C)C)cc3B3c4cc(C(C)(C)C)ccc4N(c4ccc(C(C)(C)C)cc4)c4cc(-c5ccncn5)cc2c43)cc1. The molecule has 5 aromatic carbocycles. The number of fused-ring (bicyclic) bond motifs is 4. The van der Waals surface area contributed by atoms with Crippen molar-refractivity contribution in [3.63, 3.8) is 0 Å². The zero-order chi connectivity index (χ0) is 39.2. The molecule has 0 fully saturated rings. The summed E-state index contributed by atoms with van der Waals surface area (Å²) in [6, 6.07) is 39.6. The van der Waals surface area contributed by atoms with E-state index in [1.807, 2.05) is 12.3 Å². The van der Waals surface area contributed by atoms with Crippen molar-refractivity contribution < 1.29 is 0 Å². The van der Waals surface area contributed by atoms with Crippen LogP contribution in [0.5, 0.6) is 0 Å². The van der Waals surface area contributed by atoms with E-state index < -0.39 is 0 Å². The van der Waals surface area contributed by atoms with Crippen molar-refractivity contribution in [2.24, 2.45) is 0 Å². The number of benzene rings is 5. The average Bonchev–Trinajstić information content (AvgIpc) is 3.13. The van der Waals surface area contributed by atoms with Crippen LogP contribution >= 0.6 is 0 Å². The molecule has 0 saturated heterocycles. The molecule has 0 amide bonds. The number of rotatable bonds is 3. The Morgan fingerprint density at radius 1 is 0.436 bits per heavy atom. The average molecular weight is 723 g/mol. The molecule has 0 N–H and O–H groups in total. The molecule has 5 heteroatoms. The fourth-order valence-corrected chi connectivity index (χ4v) is 8.33. The Bertz CT molecular complexity index is 2250. The fraction of sp³-hybridized carbons (Fsp3) is 0.320. The fourth-order valence-electron chi connectivity index (χ4n) is 8.33. The number of hydrogen-bond donors (Lipinski definition) is 0. The van der Waals surface area contributed by atoms with Crippen molar-refractivity contribution in [2.75, 3.05) is 9.80 Å². The van der Waals surface area contributed by atoms with E-state index in [-0.39, 0.29) is 28.4 Å². The van der Waals surface area contributed by atoms with Gasteiger partial charge in [-0.2, -0.15) is 0 Å². The summed E-state index contributed by atoms with van der Waals surface area (Å²) >= 11 is 0. The highest BCUT2D eigenvalue weighted by Crippen LogP contribution is 2.47. The molecule has 2 aliphatic rings. The van der Waals surface area contributed by atoms with Crippen molar-refractivity contribution in [1.29, 1.82) is 0 Å². The van der Waals surface area contributed by atoms with Crippen LogP contribution in [0.25, 0.3) is 11.3 Å². The summed E-state index contributed by atoms with van der Waals surface area (Å²) < 4.78 is 0. The van der Waals surface area contributed by atoms with Crippen molar-refractivity contribution in [2.45, 2.75) is 105 Å². The van der Waals surface area contributed by atoms with Crippen molar-refractivity contribution in [3.8, 4) is 11.3 Å². The Balaban J connectivity index is 1.50. The van der Waals surface area contributed by atoms with Crippen LogP contribution in [-0.2, 0) is 21.7 Å². The zero-order valence-corrected chi connectivity index (χ0v) is 34.8. The summed E-state index contributed by atoms with van der Waals surface area (Å²) in [5, 5.41) is 0. The summed E-state index contributed by atoms with van der Waals surface area (Å²) in [6.45, 7) is 27.7. The molecule has 0 spiro atoms. The van der Waals surface area contributed by atoms with Crippen LogP contribution in [0, 0.1) is 0 Å². The second-order valence-corrected chi connectivity index (χ2v) is 19.8. The summed E-state index contributed by atoms with van der Waals surface area (Å²) in [6.07, 6.45) is 3.50. The molecule has 0 aliphatic carbocycles. The minimum Gasteiger partial charge on any atom is -0.311 e. The van der Waals surface area contributed by atoms with Gasteiger partial charge in [0.25, 0.3) is 6.71 Å². The number of anilines is 6. The Hall–Kier alpha value is -5.16. The number of nitrogens with zero attached hydrogens (tertiary/aromatic N) is 4. The van der Waals surface area contributed by atoms with E-state index >= 15 is 0 Å². The topological polar surface area (TPSA) is 32.3 Å². The third kappa shape index (κ3) is 6.46. The van der Waals surface area contributed by atoms with Crippen LogP contribution in [0.2, 0.25) is 0 Å². The van der Waals surface area contributed by atoms with Crippen molar-refractivity contribution in [1.82, 2.24) is 9.97 Å². The molecular weight excluding hydrogens is 667 g/mol. The lowest BCUT2D eigenvalue weighted by Crippen LogP contribution is -2.61. The highest BCUT2D eigenvalue weighted by molar-refractivity contribution is 7.00. The van der Waals surface area contributed by atoms with Gasteiger partial charge in [-0.1, -0.05) is 132 Å². The predicted octanol–water partition coefficient (Wildman–Crippen LogP) is 11.4. The Morgan fingerprint density at radius 2 is 0.836 bits per heavy atom. The Labute approximate surface area is 329 Å². The molecule has 278 valence electrons. The number of aromatic nitrogens is 2. The second-order valence-electron chi connectivity index (χ2n) is 19.8. The van der Waals surface area contributed by atoms with Gasteiger partial charge in [0, 0.05) is 45.9 Å². The second kappa shape index (κ2) is 12.7. The summed E-state index contributed by atoms with van der Waals surface area (Å²) in [5.74, 6) is 0. The molecule has 6 aromatic rings. The monoisotopic (exact) mass is 722 g/mol. The van der Waals surface area contributed by atoms with Gasteiger partial charge in [-0.15, -0.1) is 0 Å². The minimum atomic E-state index is -0.0141. The molecule has 0 saturated carbocycles. The van der Waals surface area contributed by atoms with Crippen LogP contribution in [0.3, 0.4) is 0 Å². The van der Waals surface area contributed by atoms with E-state index in [4.69, 9.17) is 4.98 Å². The molecule has 0 atom stereocenters. The third-order valence-corrected chi connectivity index (χ3v) is 11.7. The number of hydrogen-bond acceptors (Lipinski definition) is 4. The maximum absolute atomic E-state index is 4.80. The third-order valence-electron chi connectivity index (χ3n) is 11.7. The first-order valence-corrected chi connectivity index (χ1v) is 19.9. The van der Waals surface area contributed by atoms with Crippen LogP contribution in [0.15, 0.2) is 116 Å². The van der Waals surface area contributed by atoms with Gasteiger partial charge in [0.2, 0.25) is 0 Å². The zero-order valence-electron chi connectivity index (χ0n) is 34.8. The van der Waals surface area contributed by atoms with E-state index in [9.17, 15) is 0 Å². The quantitative estimate of drug-likeness (QED) is 0.170. The van der Waals surface area contributed by atoms with E-state index in [2.05, 4.69) is 195 Å². The summed E-state index contributed by atoms with van der Waals surface area (Å²) in [4.78, 5) is 14.1. The lowest BCUT2D eigenvalue weighted by molar-refractivity contribution is 0.590. The Morgan fingerprint density at radius 3 is 1.20 bits per heavy atom. The maximum atomic E-state index is 4.80. The first-order chi connectivity index (χ1) is 25.8. The van der Waals surface area contributed by atoms with Gasteiger partial charge < -0.3 is 9.80 Å². The van der Waals surface area contributed by atoms with Crippen LogP contribution in [0.4, 0.5) is 34.1 Å². The minimum absolute atomic E-state index is 0.0141. The highest BCUT2D eigenvalue weighted by atomic mass is 15.2.